The number of hydrogen-bond donors (Lipinski definition) is 2. The van der Waals surface area contributed by atoms with Crippen molar-refractivity contribution in [3.05, 3.63) is 54.1 Å². The van der Waals surface area contributed by atoms with Crippen LogP contribution in [0, 0.1) is 0 Å². The summed E-state index contributed by atoms with van der Waals surface area (Å²) in [6.45, 7) is 4.15. The van der Waals surface area contributed by atoms with Crippen molar-refractivity contribution in [3.8, 4) is 0 Å². The number of nitrogens with one attached hydrogen (secondary N) is 1. The van der Waals surface area contributed by atoms with E-state index < -0.39 is 0 Å². The Hall–Kier alpha value is -3.22. The fourth-order valence-electron chi connectivity index (χ4n) is 3.97. The van der Waals surface area contributed by atoms with Crippen molar-refractivity contribution in [3.63, 3.8) is 0 Å². The number of nitrogens with zero attached hydrogens (tertiary/aromatic N) is 3. The summed E-state index contributed by atoms with van der Waals surface area (Å²) < 4.78 is 0. The van der Waals surface area contributed by atoms with E-state index >= 15 is 0 Å². The molecule has 2 aromatic rings. The topological polar surface area (TPSA) is 81.9 Å². The normalized spacial score (nSPS) is 16.8. The molecule has 2 heterocycles. The molecule has 7 heteroatoms. The Kier molecular flexibility index (Phi) is 5.55. The van der Waals surface area contributed by atoms with Gasteiger partial charge in [-0.25, -0.2) is 4.79 Å². The number of amides is 3. The van der Waals surface area contributed by atoms with Gasteiger partial charge in [0.1, 0.15) is 0 Å². The molecule has 0 atom stereocenters. The summed E-state index contributed by atoms with van der Waals surface area (Å²) in [5.41, 5.74) is 8.92. The second-order valence-corrected chi connectivity index (χ2v) is 7.55. The van der Waals surface area contributed by atoms with Crippen LogP contribution in [0.4, 0.5) is 21.9 Å². The molecule has 0 bridgehead atoms. The van der Waals surface area contributed by atoms with Crippen molar-refractivity contribution >= 4 is 29.0 Å². The summed E-state index contributed by atoms with van der Waals surface area (Å²) in [5.74, 6) is 0.0500. The average molecular weight is 393 g/mol. The van der Waals surface area contributed by atoms with Crippen molar-refractivity contribution in [2.75, 3.05) is 55.2 Å². The summed E-state index contributed by atoms with van der Waals surface area (Å²) in [6.07, 6.45) is 2.11. The van der Waals surface area contributed by atoms with E-state index in [4.69, 9.17) is 5.73 Å². The van der Waals surface area contributed by atoms with Gasteiger partial charge < -0.3 is 25.8 Å². The molecule has 0 aromatic heterocycles. The molecule has 2 aliphatic rings. The first-order chi connectivity index (χ1) is 14.1. The zero-order valence-electron chi connectivity index (χ0n) is 16.5. The summed E-state index contributed by atoms with van der Waals surface area (Å²) in [5, 5.41) is 2.93. The van der Waals surface area contributed by atoms with Crippen molar-refractivity contribution in [2.24, 2.45) is 0 Å². The predicted molar refractivity (Wildman–Crippen MR) is 115 cm³/mol. The molecule has 0 saturated carbocycles. The molecule has 2 saturated heterocycles. The van der Waals surface area contributed by atoms with Crippen molar-refractivity contribution < 1.29 is 9.59 Å². The molecule has 0 unspecified atom stereocenters. The molecule has 29 heavy (non-hydrogen) atoms. The molecule has 2 aromatic carbocycles. The molecular weight excluding hydrogens is 366 g/mol. The Balaban J connectivity index is 1.43. The molecule has 7 nitrogen and oxygen atoms in total. The average Bonchev–Trinajstić information content (AvgIpc) is 3.29. The van der Waals surface area contributed by atoms with Crippen LogP contribution in [0.1, 0.15) is 23.2 Å². The Morgan fingerprint density at radius 3 is 2.21 bits per heavy atom. The van der Waals surface area contributed by atoms with E-state index in [-0.39, 0.29) is 11.9 Å². The van der Waals surface area contributed by atoms with Crippen LogP contribution in [-0.4, -0.2) is 61.0 Å². The van der Waals surface area contributed by atoms with E-state index in [1.165, 1.54) is 0 Å². The van der Waals surface area contributed by atoms with Gasteiger partial charge in [-0.05, 0) is 43.2 Å². The number of likely N-dealkylation sites (tertiary alicyclic amines) is 1. The first kappa shape index (κ1) is 19.1. The highest BCUT2D eigenvalue weighted by Gasteiger charge is 2.27. The van der Waals surface area contributed by atoms with Crippen LogP contribution in [-0.2, 0) is 0 Å². The smallest absolute Gasteiger partial charge is 0.321 e. The molecule has 2 aliphatic heterocycles. The lowest BCUT2D eigenvalue weighted by Crippen LogP contribution is -2.50. The third kappa shape index (κ3) is 4.29. The minimum absolute atomic E-state index is 0.0500. The quantitative estimate of drug-likeness (QED) is 0.786. The predicted octanol–water partition coefficient (Wildman–Crippen LogP) is 2.86. The number of urea groups is 1. The van der Waals surface area contributed by atoms with Crippen LogP contribution in [0.5, 0.6) is 0 Å². The first-order valence-electron chi connectivity index (χ1n) is 10.2. The van der Waals surface area contributed by atoms with Crippen LogP contribution in [0.15, 0.2) is 48.5 Å². The lowest BCUT2D eigenvalue weighted by molar-refractivity contribution is 0.0793. The summed E-state index contributed by atoms with van der Waals surface area (Å²) in [4.78, 5) is 31.4. The van der Waals surface area contributed by atoms with Gasteiger partial charge in [0.2, 0.25) is 0 Å². The third-order valence-electron chi connectivity index (χ3n) is 5.58. The Labute approximate surface area is 171 Å². The van der Waals surface area contributed by atoms with Gasteiger partial charge in [-0.2, -0.15) is 0 Å². The molecule has 0 radical (unpaired) electrons. The van der Waals surface area contributed by atoms with Crippen molar-refractivity contribution in [1.29, 1.82) is 0 Å². The molecule has 3 N–H and O–H groups in total. The van der Waals surface area contributed by atoms with E-state index in [2.05, 4.69) is 10.2 Å². The fraction of sp³-hybridized carbons (Fsp3) is 0.364. The number of hydrogen-bond acceptors (Lipinski definition) is 4. The number of piperazine rings is 1. The zero-order valence-corrected chi connectivity index (χ0v) is 16.5. The minimum atomic E-state index is -0.0958. The number of benzene rings is 2. The van der Waals surface area contributed by atoms with Gasteiger partial charge in [-0.3, -0.25) is 4.79 Å². The van der Waals surface area contributed by atoms with Crippen molar-refractivity contribution in [1.82, 2.24) is 9.80 Å². The largest absolute Gasteiger partial charge is 0.399 e. The molecule has 3 amide bonds. The maximum Gasteiger partial charge on any atom is 0.321 e. The van der Waals surface area contributed by atoms with E-state index in [1.807, 2.05) is 52.3 Å². The van der Waals surface area contributed by atoms with Crippen LogP contribution < -0.4 is 16.0 Å². The number of nitrogen functional groups attached to an aromatic ring is 1. The van der Waals surface area contributed by atoms with Gasteiger partial charge in [0.15, 0.2) is 0 Å². The van der Waals surface area contributed by atoms with Crippen LogP contribution in [0.2, 0.25) is 0 Å². The third-order valence-corrected chi connectivity index (χ3v) is 5.58. The number of nitrogens with two attached hydrogens (primary N) is 1. The van der Waals surface area contributed by atoms with E-state index in [0.29, 0.717) is 37.4 Å². The molecule has 2 fully saturated rings. The highest BCUT2D eigenvalue weighted by molar-refractivity contribution is 6.01. The van der Waals surface area contributed by atoms with E-state index in [9.17, 15) is 9.59 Å². The monoisotopic (exact) mass is 393 g/mol. The lowest BCUT2D eigenvalue weighted by atomic mass is 10.1. The van der Waals surface area contributed by atoms with Crippen molar-refractivity contribution in [2.45, 2.75) is 12.8 Å². The van der Waals surface area contributed by atoms with Crippen LogP contribution in [0.3, 0.4) is 0 Å². The standard InChI is InChI=1S/C22H27N5O2/c23-17-8-9-20(19(16-17)21(28)26-10-4-5-11-26)25-12-14-27(15-13-25)22(29)24-18-6-2-1-3-7-18/h1-3,6-9,16H,4-5,10-15,23H2,(H,24,29). The van der Waals surface area contributed by atoms with Gasteiger partial charge in [0, 0.05) is 56.3 Å². The van der Waals surface area contributed by atoms with E-state index in [0.717, 1.165) is 37.3 Å². The molecule has 4 rings (SSSR count). The number of carbonyl (C=O) groups is 2. The first-order valence-corrected chi connectivity index (χ1v) is 10.2. The highest BCUT2D eigenvalue weighted by Crippen LogP contribution is 2.27. The molecule has 152 valence electrons. The highest BCUT2D eigenvalue weighted by atomic mass is 16.2. The SMILES string of the molecule is Nc1ccc(N2CCN(C(=O)Nc3ccccc3)CC2)c(C(=O)N2CCCC2)c1. The maximum atomic E-state index is 13.0. The molecule has 0 aliphatic carbocycles. The zero-order chi connectivity index (χ0) is 20.2. The summed E-state index contributed by atoms with van der Waals surface area (Å²) in [6, 6.07) is 14.9. The molecular formula is C22H27N5O2. The number of para-hydroxylation sites is 1. The number of anilines is 3. The second-order valence-electron chi connectivity index (χ2n) is 7.55. The minimum Gasteiger partial charge on any atom is -0.399 e. The maximum absolute atomic E-state index is 13.0. The van der Waals surface area contributed by atoms with E-state index in [1.54, 1.807) is 6.07 Å². The van der Waals surface area contributed by atoms with Gasteiger partial charge in [-0.1, -0.05) is 18.2 Å². The Morgan fingerprint density at radius 1 is 0.828 bits per heavy atom. The summed E-state index contributed by atoms with van der Waals surface area (Å²) in [7, 11) is 0. The van der Waals surface area contributed by atoms with Gasteiger partial charge in [0.25, 0.3) is 5.91 Å². The number of carbonyl (C=O) groups excluding carboxylic acids is 2. The Morgan fingerprint density at radius 2 is 1.52 bits per heavy atom. The number of rotatable bonds is 3. The second kappa shape index (κ2) is 8.43. The van der Waals surface area contributed by atoms with Crippen LogP contribution in [0.25, 0.3) is 0 Å². The fourth-order valence-corrected chi connectivity index (χ4v) is 3.97. The summed E-state index contributed by atoms with van der Waals surface area (Å²) >= 11 is 0. The lowest BCUT2D eigenvalue weighted by Gasteiger charge is -2.37. The van der Waals surface area contributed by atoms with Crippen LogP contribution >= 0.6 is 0 Å². The molecule has 0 spiro atoms. The van der Waals surface area contributed by atoms with Gasteiger partial charge >= 0.3 is 6.03 Å². The van der Waals surface area contributed by atoms with Gasteiger partial charge in [0.05, 0.1) is 5.56 Å². The Bertz CT molecular complexity index is 872. The van der Waals surface area contributed by atoms with Gasteiger partial charge in [-0.15, -0.1) is 0 Å².